The molecule has 0 saturated heterocycles. The van der Waals surface area contributed by atoms with Crippen LogP contribution in [0.25, 0.3) is 0 Å². The Morgan fingerprint density at radius 2 is 0.872 bits per heavy atom. The van der Waals surface area contributed by atoms with Crippen molar-refractivity contribution in [3.63, 3.8) is 0 Å². The average Bonchev–Trinajstić information content (AvgIpc) is 2.83. The monoisotopic (exact) mass is 540 g/mol. The highest BCUT2D eigenvalue weighted by Gasteiger charge is 2.24. The van der Waals surface area contributed by atoms with Gasteiger partial charge in [0.15, 0.2) is 0 Å². The average molecular weight is 541 g/mol. The molecule has 0 bridgehead atoms. The number of hydrogen-bond acceptors (Lipinski definition) is 5. The lowest BCUT2D eigenvalue weighted by atomic mass is 9.85. The Hall–Kier alpha value is -3.57. The van der Waals surface area contributed by atoms with E-state index in [0.29, 0.717) is 0 Å². The first kappa shape index (κ1) is 28.4. The Morgan fingerprint density at radius 1 is 0.538 bits per heavy atom. The molecule has 0 spiro atoms. The minimum atomic E-state index is -0.103. The maximum Gasteiger partial charge on any atom is 0.131 e. The van der Waals surface area contributed by atoms with E-state index in [-0.39, 0.29) is 10.8 Å². The fourth-order valence-corrected chi connectivity index (χ4v) is 5.36. The lowest BCUT2D eigenvalue weighted by Gasteiger charge is -2.26. The van der Waals surface area contributed by atoms with Crippen LogP contribution in [0.5, 0.6) is 23.0 Å². The SMILES string of the molecule is Cc1cc(Oc2ccc(N)cc2)c(C(C)(C)C)cc1Sc1cc(C(C)(C)C)c(Oc2ccc(N)cc2)cc1C. The molecule has 0 aromatic heterocycles. The van der Waals surface area contributed by atoms with Crippen LogP contribution in [0.2, 0.25) is 0 Å². The Morgan fingerprint density at radius 3 is 1.18 bits per heavy atom. The van der Waals surface area contributed by atoms with Gasteiger partial charge in [-0.15, -0.1) is 0 Å². The van der Waals surface area contributed by atoms with Crippen LogP contribution in [-0.4, -0.2) is 0 Å². The molecule has 0 amide bonds. The lowest BCUT2D eigenvalue weighted by Crippen LogP contribution is -2.14. The molecule has 0 aliphatic rings. The molecule has 4 aromatic carbocycles. The highest BCUT2D eigenvalue weighted by atomic mass is 32.2. The van der Waals surface area contributed by atoms with Gasteiger partial charge in [-0.1, -0.05) is 53.3 Å². The second-order valence-electron chi connectivity index (χ2n) is 12.2. The van der Waals surface area contributed by atoms with Crippen molar-refractivity contribution in [2.45, 2.75) is 76.0 Å². The quantitative estimate of drug-likeness (QED) is 0.238. The van der Waals surface area contributed by atoms with Crippen LogP contribution in [0.4, 0.5) is 11.4 Å². The number of anilines is 2. The Labute approximate surface area is 237 Å². The third kappa shape index (κ3) is 6.90. The maximum atomic E-state index is 6.36. The van der Waals surface area contributed by atoms with Crippen molar-refractivity contribution in [1.29, 1.82) is 0 Å². The molecule has 0 saturated carbocycles. The van der Waals surface area contributed by atoms with Crippen LogP contribution in [-0.2, 0) is 10.8 Å². The first-order valence-electron chi connectivity index (χ1n) is 13.3. The second-order valence-corrected chi connectivity index (χ2v) is 13.3. The summed E-state index contributed by atoms with van der Waals surface area (Å²) in [5.74, 6) is 3.29. The van der Waals surface area contributed by atoms with Crippen molar-refractivity contribution >= 4 is 23.1 Å². The Bertz CT molecular complexity index is 1350. The number of ether oxygens (including phenoxy) is 2. The van der Waals surface area contributed by atoms with Gasteiger partial charge in [0.25, 0.3) is 0 Å². The summed E-state index contributed by atoms with van der Waals surface area (Å²) in [5.41, 5.74) is 17.6. The van der Waals surface area contributed by atoms with Crippen molar-refractivity contribution in [2.75, 3.05) is 11.5 Å². The van der Waals surface area contributed by atoms with Crippen molar-refractivity contribution < 1.29 is 9.47 Å². The van der Waals surface area contributed by atoms with Gasteiger partial charge in [-0.2, -0.15) is 0 Å². The third-order valence-corrected chi connectivity index (χ3v) is 7.93. The van der Waals surface area contributed by atoms with E-state index < -0.39 is 0 Å². The first-order chi connectivity index (χ1) is 18.2. The minimum Gasteiger partial charge on any atom is -0.457 e. The molecule has 4 nitrogen and oxygen atoms in total. The van der Waals surface area contributed by atoms with E-state index in [1.165, 1.54) is 9.79 Å². The molecule has 0 aliphatic carbocycles. The molecular formula is C34H40N2O2S. The van der Waals surface area contributed by atoms with Crippen LogP contribution in [0.3, 0.4) is 0 Å². The van der Waals surface area contributed by atoms with Crippen LogP contribution in [0, 0.1) is 13.8 Å². The molecular weight excluding hydrogens is 500 g/mol. The summed E-state index contributed by atoms with van der Waals surface area (Å²) in [5, 5.41) is 0. The third-order valence-electron chi connectivity index (χ3n) is 6.61. The predicted molar refractivity (Wildman–Crippen MR) is 166 cm³/mol. The largest absolute Gasteiger partial charge is 0.457 e. The van der Waals surface area contributed by atoms with Crippen molar-refractivity contribution in [1.82, 2.24) is 0 Å². The molecule has 4 N–H and O–H groups in total. The van der Waals surface area contributed by atoms with Crippen molar-refractivity contribution in [3.8, 4) is 23.0 Å². The molecule has 4 rings (SSSR count). The molecule has 0 heterocycles. The van der Waals surface area contributed by atoms with Gasteiger partial charge < -0.3 is 20.9 Å². The fraction of sp³-hybridized carbons (Fsp3) is 0.294. The van der Waals surface area contributed by atoms with Gasteiger partial charge in [0, 0.05) is 32.3 Å². The standard InChI is InChI=1S/C34H40N2O2S/c1-21-17-29(37-25-13-9-23(35)10-14-25)27(33(3,4)5)19-31(21)39-32-20-28(34(6,7)8)30(18-22(32)2)38-26-15-11-24(36)12-16-26/h9-20H,35-36H2,1-8H3. The zero-order valence-electron chi connectivity index (χ0n) is 24.3. The summed E-state index contributed by atoms with van der Waals surface area (Å²) in [6.07, 6.45) is 0. The topological polar surface area (TPSA) is 70.5 Å². The van der Waals surface area contributed by atoms with E-state index in [9.17, 15) is 0 Å². The molecule has 204 valence electrons. The van der Waals surface area contributed by atoms with E-state index in [1.54, 1.807) is 11.8 Å². The molecule has 5 heteroatoms. The van der Waals surface area contributed by atoms with Gasteiger partial charge >= 0.3 is 0 Å². The molecule has 39 heavy (non-hydrogen) atoms. The summed E-state index contributed by atoms with van der Waals surface area (Å²) in [6, 6.07) is 23.9. The number of nitrogen functional groups attached to an aromatic ring is 2. The zero-order valence-corrected chi connectivity index (χ0v) is 25.1. The highest BCUT2D eigenvalue weighted by Crippen LogP contribution is 2.44. The predicted octanol–water partition coefficient (Wildman–Crippen LogP) is 9.80. The Kier molecular flexibility index (Phi) is 7.94. The van der Waals surface area contributed by atoms with Crippen LogP contribution < -0.4 is 20.9 Å². The summed E-state index contributed by atoms with van der Waals surface area (Å²) < 4.78 is 12.7. The van der Waals surface area contributed by atoms with Crippen LogP contribution in [0.15, 0.2) is 82.6 Å². The number of hydrogen-bond donors (Lipinski definition) is 2. The van der Waals surface area contributed by atoms with Gasteiger partial charge in [-0.05, 0) is 109 Å². The van der Waals surface area contributed by atoms with E-state index in [2.05, 4.69) is 79.7 Å². The minimum absolute atomic E-state index is 0.103. The van der Waals surface area contributed by atoms with Gasteiger partial charge in [0.2, 0.25) is 0 Å². The number of rotatable bonds is 6. The second kappa shape index (κ2) is 10.9. The molecule has 0 aliphatic heterocycles. The summed E-state index contributed by atoms with van der Waals surface area (Å²) in [7, 11) is 0. The van der Waals surface area contributed by atoms with E-state index >= 15 is 0 Å². The van der Waals surface area contributed by atoms with E-state index in [4.69, 9.17) is 20.9 Å². The van der Waals surface area contributed by atoms with Crippen LogP contribution >= 0.6 is 11.8 Å². The van der Waals surface area contributed by atoms with Gasteiger partial charge in [0.1, 0.15) is 23.0 Å². The summed E-state index contributed by atoms with van der Waals surface area (Å²) >= 11 is 1.79. The van der Waals surface area contributed by atoms with Crippen LogP contribution in [0.1, 0.15) is 63.8 Å². The van der Waals surface area contributed by atoms with E-state index in [0.717, 1.165) is 56.6 Å². The smallest absolute Gasteiger partial charge is 0.131 e. The van der Waals surface area contributed by atoms with Gasteiger partial charge in [-0.3, -0.25) is 0 Å². The first-order valence-corrected chi connectivity index (χ1v) is 14.1. The van der Waals surface area contributed by atoms with Crippen molar-refractivity contribution in [3.05, 3.63) is 95.1 Å². The number of benzene rings is 4. The molecule has 0 unspecified atom stereocenters. The van der Waals surface area contributed by atoms with Gasteiger partial charge in [0.05, 0.1) is 0 Å². The normalized spacial score (nSPS) is 11.9. The van der Waals surface area contributed by atoms with Crippen molar-refractivity contribution in [2.24, 2.45) is 0 Å². The highest BCUT2D eigenvalue weighted by molar-refractivity contribution is 7.99. The van der Waals surface area contributed by atoms with Gasteiger partial charge in [-0.25, -0.2) is 0 Å². The molecule has 0 atom stereocenters. The molecule has 0 radical (unpaired) electrons. The molecule has 0 fully saturated rings. The lowest BCUT2D eigenvalue weighted by molar-refractivity contribution is 0.453. The van der Waals surface area contributed by atoms with E-state index in [1.807, 2.05) is 48.5 Å². The Balaban J connectivity index is 1.72. The maximum absolute atomic E-state index is 6.36. The summed E-state index contributed by atoms with van der Waals surface area (Å²) in [6.45, 7) is 17.6. The zero-order chi connectivity index (χ0) is 28.5. The fourth-order valence-electron chi connectivity index (χ4n) is 4.33. The molecule has 4 aromatic rings. The number of aryl methyl sites for hydroxylation is 2. The number of nitrogens with two attached hydrogens (primary N) is 2. The summed E-state index contributed by atoms with van der Waals surface area (Å²) in [4.78, 5) is 2.42.